The molecule has 37 heavy (non-hydrogen) atoms. The molecule has 5 rings (SSSR count). The largest absolute Gasteiger partial charge is 0.381 e. The Hall–Kier alpha value is -2.11. The Labute approximate surface area is 220 Å². The van der Waals surface area contributed by atoms with Crippen molar-refractivity contribution < 1.29 is 17.9 Å². The Kier molecular flexibility index (Phi) is 7.32. The number of nitrogens with one attached hydrogen (secondary N) is 2. The second-order valence-electron chi connectivity index (χ2n) is 11.0. The summed E-state index contributed by atoms with van der Waals surface area (Å²) in [6.07, 6.45) is 6.71. The summed E-state index contributed by atoms with van der Waals surface area (Å²) in [6, 6.07) is 5.96. The molecule has 9 nitrogen and oxygen atoms in total. The van der Waals surface area contributed by atoms with Gasteiger partial charge in [-0.25, -0.2) is 18.4 Å². The molecular weight excluding hydrogens is 490 g/mol. The molecule has 3 atom stereocenters. The van der Waals surface area contributed by atoms with Crippen molar-refractivity contribution in [1.82, 2.24) is 20.2 Å². The summed E-state index contributed by atoms with van der Waals surface area (Å²) in [7, 11) is -3.29. The maximum Gasteiger partial charge on any atom is 0.223 e. The molecule has 2 aromatic rings. The molecule has 1 aromatic carbocycles. The van der Waals surface area contributed by atoms with Crippen molar-refractivity contribution in [2.45, 2.75) is 94.9 Å². The number of benzene rings is 1. The highest BCUT2D eigenvalue weighted by molar-refractivity contribution is 7.90. The average Bonchev–Trinajstić information content (AvgIpc) is 3.55. The van der Waals surface area contributed by atoms with Gasteiger partial charge in [0.05, 0.1) is 10.6 Å². The SMILES string of the molecule is CCCc1cc([C@H](C)NC2OC2N2Cc3nc(NC4CCOCC4)ncc3C2(C)C)cc(S(C)(=O)=O)c1. The van der Waals surface area contributed by atoms with Gasteiger partial charge in [-0.15, -0.1) is 0 Å². The third-order valence-corrected chi connectivity index (χ3v) is 8.86. The van der Waals surface area contributed by atoms with E-state index in [9.17, 15) is 8.42 Å². The summed E-state index contributed by atoms with van der Waals surface area (Å²) in [5, 5.41) is 7.03. The summed E-state index contributed by atoms with van der Waals surface area (Å²) in [5.41, 5.74) is 3.89. The van der Waals surface area contributed by atoms with Crippen molar-refractivity contribution in [2.75, 3.05) is 24.8 Å². The molecule has 202 valence electrons. The Morgan fingerprint density at radius 3 is 2.68 bits per heavy atom. The number of anilines is 1. The van der Waals surface area contributed by atoms with E-state index in [0.717, 1.165) is 61.3 Å². The van der Waals surface area contributed by atoms with Gasteiger partial charge in [-0.2, -0.15) is 0 Å². The number of nitrogens with zero attached hydrogens (tertiary/aromatic N) is 3. The fourth-order valence-corrected chi connectivity index (χ4v) is 6.17. The van der Waals surface area contributed by atoms with Gasteiger partial charge in [-0.05, 0) is 63.3 Å². The molecule has 4 heterocycles. The number of epoxide rings is 1. The first kappa shape index (κ1) is 26.5. The maximum absolute atomic E-state index is 12.3. The molecule has 2 unspecified atom stereocenters. The second kappa shape index (κ2) is 10.2. The summed E-state index contributed by atoms with van der Waals surface area (Å²) in [4.78, 5) is 12.2. The molecule has 1 aromatic heterocycles. The lowest BCUT2D eigenvalue weighted by atomic mass is 9.97. The summed E-state index contributed by atoms with van der Waals surface area (Å²) in [5.74, 6) is 0.678. The van der Waals surface area contributed by atoms with Crippen LogP contribution in [0.25, 0.3) is 0 Å². The van der Waals surface area contributed by atoms with E-state index in [2.05, 4.69) is 54.3 Å². The number of rotatable bonds is 9. The van der Waals surface area contributed by atoms with E-state index in [1.54, 1.807) is 12.1 Å². The van der Waals surface area contributed by atoms with Gasteiger partial charge in [0, 0.05) is 55.4 Å². The van der Waals surface area contributed by atoms with Crippen molar-refractivity contribution in [3.63, 3.8) is 0 Å². The first-order chi connectivity index (χ1) is 17.6. The van der Waals surface area contributed by atoms with Crippen LogP contribution in [0, 0.1) is 0 Å². The van der Waals surface area contributed by atoms with Gasteiger partial charge in [0.1, 0.15) is 0 Å². The van der Waals surface area contributed by atoms with Gasteiger partial charge >= 0.3 is 0 Å². The fourth-order valence-electron chi connectivity index (χ4n) is 5.45. The lowest BCUT2D eigenvalue weighted by molar-refractivity contribution is 0.0746. The summed E-state index contributed by atoms with van der Waals surface area (Å²) < 4.78 is 36.1. The zero-order chi connectivity index (χ0) is 26.4. The minimum Gasteiger partial charge on any atom is -0.381 e. The number of hydrogen-bond acceptors (Lipinski definition) is 9. The smallest absolute Gasteiger partial charge is 0.223 e. The number of hydrogen-bond donors (Lipinski definition) is 2. The lowest BCUT2D eigenvalue weighted by Crippen LogP contribution is -2.40. The minimum atomic E-state index is -3.29. The molecule has 2 fully saturated rings. The predicted octanol–water partition coefficient (Wildman–Crippen LogP) is 3.51. The van der Waals surface area contributed by atoms with Crippen LogP contribution in [0.15, 0.2) is 29.3 Å². The Morgan fingerprint density at radius 2 is 1.97 bits per heavy atom. The number of fused-ring (bicyclic) bond motifs is 1. The molecule has 2 saturated heterocycles. The molecule has 0 saturated carbocycles. The molecule has 0 radical (unpaired) electrons. The quantitative estimate of drug-likeness (QED) is 0.472. The van der Waals surface area contributed by atoms with E-state index in [1.165, 1.54) is 6.26 Å². The van der Waals surface area contributed by atoms with Crippen LogP contribution in [-0.4, -0.2) is 61.3 Å². The molecule has 0 aliphatic carbocycles. The van der Waals surface area contributed by atoms with Gasteiger partial charge in [0.25, 0.3) is 0 Å². The third kappa shape index (κ3) is 5.68. The average molecular weight is 530 g/mol. The minimum absolute atomic E-state index is 0.0598. The number of ether oxygens (including phenoxy) is 2. The summed E-state index contributed by atoms with van der Waals surface area (Å²) in [6.45, 7) is 10.8. The van der Waals surface area contributed by atoms with Crippen LogP contribution in [0.5, 0.6) is 0 Å². The van der Waals surface area contributed by atoms with E-state index in [-0.39, 0.29) is 24.0 Å². The number of aromatic nitrogens is 2. The molecule has 2 N–H and O–H groups in total. The molecule has 0 amide bonds. The van der Waals surface area contributed by atoms with Crippen molar-refractivity contribution in [2.24, 2.45) is 0 Å². The fraction of sp³-hybridized carbons (Fsp3) is 0.630. The molecule has 0 spiro atoms. The zero-order valence-electron chi connectivity index (χ0n) is 22.5. The Bertz CT molecular complexity index is 1250. The van der Waals surface area contributed by atoms with Crippen LogP contribution in [0.4, 0.5) is 5.95 Å². The molecule has 10 heteroatoms. The van der Waals surface area contributed by atoms with Crippen molar-refractivity contribution in [1.29, 1.82) is 0 Å². The summed E-state index contributed by atoms with van der Waals surface area (Å²) >= 11 is 0. The Balaban J connectivity index is 1.26. The maximum atomic E-state index is 12.3. The second-order valence-corrected chi connectivity index (χ2v) is 13.1. The van der Waals surface area contributed by atoms with Crippen molar-refractivity contribution >= 4 is 15.8 Å². The topological polar surface area (TPSA) is 109 Å². The van der Waals surface area contributed by atoms with Gasteiger partial charge < -0.3 is 14.8 Å². The van der Waals surface area contributed by atoms with E-state index < -0.39 is 9.84 Å². The normalized spacial score (nSPS) is 24.6. The third-order valence-electron chi connectivity index (χ3n) is 7.76. The van der Waals surface area contributed by atoms with Crippen LogP contribution < -0.4 is 10.6 Å². The highest BCUT2D eigenvalue weighted by Crippen LogP contribution is 2.44. The van der Waals surface area contributed by atoms with Gasteiger partial charge in [0.15, 0.2) is 22.3 Å². The van der Waals surface area contributed by atoms with Crippen LogP contribution in [0.3, 0.4) is 0 Å². The van der Waals surface area contributed by atoms with Crippen molar-refractivity contribution in [3.8, 4) is 0 Å². The number of sulfone groups is 1. The van der Waals surface area contributed by atoms with E-state index in [1.807, 2.05) is 6.20 Å². The molecule has 0 bridgehead atoms. The molecular formula is C27H39N5O4S. The van der Waals surface area contributed by atoms with Crippen molar-refractivity contribution in [3.05, 3.63) is 46.8 Å². The van der Waals surface area contributed by atoms with Gasteiger partial charge in [0.2, 0.25) is 5.95 Å². The number of aryl methyl sites for hydroxylation is 1. The van der Waals surface area contributed by atoms with E-state index in [0.29, 0.717) is 23.4 Å². The van der Waals surface area contributed by atoms with Gasteiger partial charge in [-0.3, -0.25) is 10.2 Å². The highest BCUT2D eigenvalue weighted by atomic mass is 32.2. The monoisotopic (exact) mass is 529 g/mol. The Morgan fingerprint density at radius 1 is 1.22 bits per heavy atom. The predicted molar refractivity (Wildman–Crippen MR) is 142 cm³/mol. The van der Waals surface area contributed by atoms with E-state index in [4.69, 9.17) is 14.5 Å². The van der Waals surface area contributed by atoms with Crippen LogP contribution in [0.2, 0.25) is 0 Å². The molecule has 3 aliphatic rings. The lowest BCUT2D eigenvalue weighted by Gasteiger charge is -2.30. The standard InChI is InChI=1S/C27H39N5O4S/c1-6-7-18-12-19(14-21(13-18)37(5,33)34)17(2)29-24-25(36-24)32-16-23-22(27(32,3)4)15-28-26(31-23)30-20-8-10-35-11-9-20/h12-15,17,20,24-25,29H,6-11,16H2,1-5H3,(H,28,30,31)/t17-,24?,25?/m0/s1. The first-order valence-electron chi connectivity index (χ1n) is 13.3. The molecule has 3 aliphatic heterocycles. The van der Waals surface area contributed by atoms with E-state index >= 15 is 0 Å². The first-order valence-corrected chi connectivity index (χ1v) is 15.2. The van der Waals surface area contributed by atoms with Crippen LogP contribution >= 0.6 is 0 Å². The van der Waals surface area contributed by atoms with Gasteiger partial charge in [-0.1, -0.05) is 19.4 Å². The zero-order valence-corrected chi connectivity index (χ0v) is 23.3. The van der Waals surface area contributed by atoms with Crippen LogP contribution in [-0.2, 0) is 37.8 Å². The van der Waals surface area contributed by atoms with Crippen LogP contribution in [0.1, 0.15) is 75.4 Å². The highest BCUT2D eigenvalue weighted by Gasteiger charge is 2.53.